The van der Waals surface area contributed by atoms with E-state index >= 15 is 0 Å². The molecule has 1 aromatic carbocycles. The molecular formula is C20H31N3O2. The molecule has 5 nitrogen and oxygen atoms in total. The van der Waals surface area contributed by atoms with Crippen molar-refractivity contribution in [3.8, 4) is 0 Å². The monoisotopic (exact) mass is 345 g/mol. The number of amides is 1. The average Bonchev–Trinajstić information content (AvgIpc) is 3.09. The molecule has 0 unspecified atom stereocenters. The zero-order valence-corrected chi connectivity index (χ0v) is 15.1. The molecule has 0 atom stereocenters. The van der Waals surface area contributed by atoms with Crippen LogP contribution in [0.15, 0.2) is 30.3 Å². The molecule has 1 heterocycles. The normalized spacial score (nSPS) is 21.3. The van der Waals surface area contributed by atoms with Crippen molar-refractivity contribution in [2.75, 3.05) is 39.3 Å². The van der Waals surface area contributed by atoms with Gasteiger partial charge in [-0.25, -0.2) is 0 Å². The van der Waals surface area contributed by atoms with E-state index in [-0.39, 0.29) is 5.91 Å². The molecule has 25 heavy (non-hydrogen) atoms. The predicted molar refractivity (Wildman–Crippen MR) is 99.2 cm³/mol. The maximum absolute atomic E-state index is 12.1. The van der Waals surface area contributed by atoms with Crippen molar-refractivity contribution in [3.63, 3.8) is 0 Å². The van der Waals surface area contributed by atoms with Crippen molar-refractivity contribution >= 4 is 5.91 Å². The van der Waals surface area contributed by atoms with E-state index in [1.807, 2.05) is 0 Å². The van der Waals surface area contributed by atoms with Crippen molar-refractivity contribution in [2.24, 2.45) is 0 Å². The Hall–Kier alpha value is -1.43. The van der Waals surface area contributed by atoms with E-state index in [0.29, 0.717) is 19.4 Å². The number of aliphatic hydroxyl groups is 1. The smallest absolute Gasteiger partial charge is 0.251 e. The van der Waals surface area contributed by atoms with Crippen LogP contribution < -0.4 is 5.32 Å². The molecule has 1 aromatic rings. The predicted octanol–water partition coefficient (Wildman–Crippen LogP) is 1.62. The number of carbonyl (C=O) groups is 1. The Bertz CT molecular complexity index is 535. The number of hydrogen-bond donors (Lipinski definition) is 2. The lowest BCUT2D eigenvalue weighted by Gasteiger charge is -2.34. The Morgan fingerprint density at radius 1 is 1.04 bits per heavy atom. The Morgan fingerprint density at radius 3 is 2.36 bits per heavy atom. The van der Waals surface area contributed by atoms with Gasteiger partial charge in [-0.1, -0.05) is 30.3 Å². The van der Waals surface area contributed by atoms with Gasteiger partial charge in [0.25, 0.3) is 5.91 Å². The Balaban J connectivity index is 1.28. The number of benzene rings is 1. The van der Waals surface area contributed by atoms with Crippen LogP contribution in [0.4, 0.5) is 0 Å². The summed E-state index contributed by atoms with van der Waals surface area (Å²) in [5.74, 6) is -0.169. The van der Waals surface area contributed by atoms with Crippen molar-refractivity contribution in [1.82, 2.24) is 15.1 Å². The molecule has 0 radical (unpaired) electrons. The summed E-state index contributed by atoms with van der Waals surface area (Å²) < 4.78 is 0. The first kappa shape index (κ1) is 18.4. The van der Waals surface area contributed by atoms with Gasteiger partial charge in [0.15, 0.2) is 0 Å². The van der Waals surface area contributed by atoms with Gasteiger partial charge < -0.3 is 15.3 Å². The van der Waals surface area contributed by atoms with E-state index in [0.717, 1.165) is 58.5 Å². The zero-order chi connectivity index (χ0) is 17.5. The van der Waals surface area contributed by atoms with Gasteiger partial charge in [0.05, 0.1) is 0 Å². The summed E-state index contributed by atoms with van der Waals surface area (Å²) in [6.45, 7) is 7.07. The van der Waals surface area contributed by atoms with Crippen molar-refractivity contribution < 1.29 is 9.90 Å². The van der Waals surface area contributed by atoms with Gasteiger partial charge >= 0.3 is 0 Å². The first-order valence-electron chi connectivity index (χ1n) is 9.65. The number of nitrogens with zero attached hydrogens (tertiary/aromatic N) is 2. The van der Waals surface area contributed by atoms with E-state index in [1.165, 1.54) is 5.56 Å². The van der Waals surface area contributed by atoms with E-state index < -0.39 is 5.60 Å². The van der Waals surface area contributed by atoms with Crippen LogP contribution in [0.25, 0.3) is 0 Å². The summed E-state index contributed by atoms with van der Waals surface area (Å²) >= 11 is 0. The lowest BCUT2D eigenvalue weighted by Crippen LogP contribution is -2.47. The van der Waals surface area contributed by atoms with Crippen LogP contribution in [-0.4, -0.2) is 65.7 Å². The minimum Gasteiger partial charge on any atom is -0.380 e. The van der Waals surface area contributed by atoms with Crippen LogP contribution in [-0.2, 0) is 11.3 Å². The molecule has 1 aliphatic heterocycles. The van der Waals surface area contributed by atoms with Crippen LogP contribution in [0.2, 0.25) is 0 Å². The van der Waals surface area contributed by atoms with Crippen LogP contribution in [0.3, 0.4) is 0 Å². The molecule has 1 amide bonds. The highest BCUT2D eigenvalue weighted by molar-refractivity contribution is 5.85. The number of carbonyl (C=O) groups excluding carboxylic acids is 1. The van der Waals surface area contributed by atoms with Crippen LogP contribution >= 0.6 is 0 Å². The molecule has 1 saturated heterocycles. The first-order chi connectivity index (χ1) is 12.2. The molecule has 2 N–H and O–H groups in total. The fraction of sp³-hybridized carbons (Fsp3) is 0.650. The third-order valence-electron chi connectivity index (χ3n) is 5.50. The van der Waals surface area contributed by atoms with Gasteiger partial charge in [0.1, 0.15) is 5.60 Å². The lowest BCUT2D eigenvalue weighted by molar-refractivity contribution is -0.139. The third kappa shape index (κ3) is 5.27. The third-order valence-corrected chi connectivity index (χ3v) is 5.50. The minimum atomic E-state index is -1.09. The second-order valence-corrected chi connectivity index (χ2v) is 7.45. The van der Waals surface area contributed by atoms with Gasteiger partial charge in [0, 0.05) is 39.3 Å². The zero-order valence-electron chi connectivity index (χ0n) is 15.1. The molecule has 0 aromatic heterocycles. The molecular weight excluding hydrogens is 314 g/mol. The average molecular weight is 345 g/mol. The maximum Gasteiger partial charge on any atom is 0.251 e. The summed E-state index contributed by atoms with van der Waals surface area (Å²) in [6, 6.07) is 10.6. The van der Waals surface area contributed by atoms with Crippen LogP contribution in [0.1, 0.15) is 37.7 Å². The minimum absolute atomic E-state index is 0.169. The van der Waals surface area contributed by atoms with Gasteiger partial charge in [-0.3, -0.25) is 9.69 Å². The number of piperazine rings is 1. The number of nitrogens with one attached hydrogen (secondary N) is 1. The van der Waals surface area contributed by atoms with E-state index in [4.69, 9.17) is 0 Å². The Kier molecular flexibility index (Phi) is 6.45. The summed E-state index contributed by atoms with van der Waals surface area (Å²) in [5.41, 5.74) is 0.284. The topological polar surface area (TPSA) is 55.8 Å². The van der Waals surface area contributed by atoms with Gasteiger partial charge in [-0.05, 0) is 44.2 Å². The van der Waals surface area contributed by atoms with Crippen molar-refractivity contribution in [2.45, 2.75) is 44.2 Å². The SMILES string of the molecule is O=C(NCCCN1CCN(Cc2ccccc2)CC1)C1(O)CCCC1. The van der Waals surface area contributed by atoms with Gasteiger partial charge in [-0.15, -0.1) is 0 Å². The summed E-state index contributed by atoms with van der Waals surface area (Å²) in [6.07, 6.45) is 4.08. The second kappa shape index (κ2) is 8.79. The molecule has 1 aliphatic carbocycles. The highest BCUT2D eigenvalue weighted by Gasteiger charge is 2.38. The molecule has 2 aliphatic rings. The van der Waals surface area contributed by atoms with Gasteiger partial charge in [0.2, 0.25) is 0 Å². The molecule has 0 spiro atoms. The Morgan fingerprint density at radius 2 is 1.68 bits per heavy atom. The van der Waals surface area contributed by atoms with Crippen molar-refractivity contribution in [1.29, 1.82) is 0 Å². The number of rotatable bonds is 7. The molecule has 5 heteroatoms. The van der Waals surface area contributed by atoms with Gasteiger partial charge in [-0.2, -0.15) is 0 Å². The van der Waals surface area contributed by atoms with E-state index in [2.05, 4.69) is 45.4 Å². The maximum atomic E-state index is 12.1. The summed E-state index contributed by atoms with van der Waals surface area (Å²) in [4.78, 5) is 17.0. The Labute approximate surface area is 151 Å². The molecule has 2 fully saturated rings. The molecule has 3 rings (SSSR count). The first-order valence-corrected chi connectivity index (χ1v) is 9.65. The lowest BCUT2D eigenvalue weighted by atomic mass is 10.0. The van der Waals surface area contributed by atoms with Crippen LogP contribution in [0.5, 0.6) is 0 Å². The fourth-order valence-electron chi connectivity index (χ4n) is 3.87. The van der Waals surface area contributed by atoms with Crippen LogP contribution in [0, 0.1) is 0 Å². The van der Waals surface area contributed by atoms with E-state index in [9.17, 15) is 9.90 Å². The summed E-state index contributed by atoms with van der Waals surface area (Å²) in [5, 5.41) is 13.2. The van der Waals surface area contributed by atoms with E-state index in [1.54, 1.807) is 0 Å². The quantitative estimate of drug-likeness (QED) is 0.738. The summed E-state index contributed by atoms with van der Waals surface area (Å²) in [7, 11) is 0. The second-order valence-electron chi connectivity index (χ2n) is 7.45. The largest absolute Gasteiger partial charge is 0.380 e. The highest BCUT2D eigenvalue weighted by Crippen LogP contribution is 2.29. The fourth-order valence-corrected chi connectivity index (χ4v) is 3.87. The number of hydrogen-bond acceptors (Lipinski definition) is 4. The molecule has 138 valence electrons. The standard InChI is InChI=1S/C20H31N3O2/c24-19(20(25)9-4-5-10-20)21-11-6-12-22-13-15-23(16-14-22)17-18-7-2-1-3-8-18/h1-3,7-8,25H,4-6,9-17H2,(H,21,24). The van der Waals surface area contributed by atoms with Crippen molar-refractivity contribution in [3.05, 3.63) is 35.9 Å². The molecule has 0 bridgehead atoms. The molecule has 1 saturated carbocycles. The highest BCUT2D eigenvalue weighted by atomic mass is 16.3.